The van der Waals surface area contributed by atoms with E-state index in [1.165, 1.54) is 0 Å². The quantitative estimate of drug-likeness (QED) is 0.718. The number of H-pyrrole nitrogens is 1. The van der Waals surface area contributed by atoms with Crippen molar-refractivity contribution in [3.8, 4) is 10.6 Å². The third-order valence-electron chi connectivity index (χ3n) is 5.57. The van der Waals surface area contributed by atoms with E-state index in [0.29, 0.717) is 37.6 Å². The van der Waals surface area contributed by atoms with Crippen LogP contribution in [0.4, 0.5) is 0 Å². The van der Waals surface area contributed by atoms with Gasteiger partial charge in [0, 0.05) is 38.4 Å². The molecule has 0 atom stereocenters. The summed E-state index contributed by atoms with van der Waals surface area (Å²) in [7, 11) is 0. The van der Waals surface area contributed by atoms with Crippen molar-refractivity contribution in [3.63, 3.8) is 0 Å². The van der Waals surface area contributed by atoms with Crippen LogP contribution in [0.2, 0.25) is 0 Å². The first-order valence-corrected chi connectivity index (χ1v) is 10.8. The van der Waals surface area contributed by atoms with Crippen molar-refractivity contribution in [2.45, 2.75) is 25.8 Å². The monoisotopic (exact) mass is 410 g/mol. The zero-order chi connectivity index (χ0) is 19.8. The van der Waals surface area contributed by atoms with Crippen molar-refractivity contribution in [1.29, 1.82) is 0 Å². The minimum absolute atomic E-state index is 0.0428. The molecule has 8 nitrogen and oxygen atoms in total. The molecule has 1 saturated heterocycles. The van der Waals surface area contributed by atoms with Crippen LogP contribution in [0.25, 0.3) is 10.6 Å². The summed E-state index contributed by atoms with van der Waals surface area (Å²) in [4.78, 5) is 30.2. The molecule has 0 aliphatic carbocycles. The lowest BCUT2D eigenvalue weighted by atomic mass is 10.1. The molecular weight excluding hydrogens is 388 g/mol. The fourth-order valence-corrected chi connectivity index (χ4v) is 4.64. The lowest BCUT2D eigenvalue weighted by molar-refractivity contribution is 0.0528. The maximum absolute atomic E-state index is 12.8. The molecule has 9 heteroatoms. The molecule has 0 aromatic carbocycles. The Balaban J connectivity index is 1.21. The molecule has 1 N–H and O–H groups in total. The molecule has 3 aromatic rings. The molecule has 5 heterocycles. The van der Waals surface area contributed by atoms with Gasteiger partial charge in [-0.3, -0.25) is 19.4 Å². The van der Waals surface area contributed by atoms with Gasteiger partial charge >= 0.3 is 0 Å². The van der Waals surface area contributed by atoms with Gasteiger partial charge in [0.25, 0.3) is 11.8 Å². The molecule has 2 aliphatic rings. The van der Waals surface area contributed by atoms with Gasteiger partial charge in [-0.1, -0.05) is 6.07 Å². The van der Waals surface area contributed by atoms with Gasteiger partial charge in [-0.15, -0.1) is 11.3 Å². The number of piperazine rings is 1. The first-order valence-electron chi connectivity index (χ1n) is 9.93. The van der Waals surface area contributed by atoms with Crippen molar-refractivity contribution in [3.05, 3.63) is 46.7 Å². The third kappa shape index (κ3) is 3.46. The van der Waals surface area contributed by atoms with Crippen LogP contribution in [-0.4, -0.2) is 67.8 Å². The normalized spacial score (nSPS) is 16.7. The average Bonchev–Trinajstić information content (AvgIpc) is 3.52. The van der Waals surface area contributed by atoms with E-state index in [1.807, 2.05) is 28.3 Å². The van der Waals surface area contributed by atoms with E-state index in [0.717, 1.165) is 42.1 Å². The number of aryl methyl sites for hydroxylation is 2. The highest BCUT2D eigenvalue weighted by Gasteiger charge is 2.28. The molecule has 2 amide bonds. The highest BCUT2D eigenvalue weighted by atomic mass is 32.1. The minimum Gasteiger partial charge on any atom is -0.334 e. The Hall–Kier alpha value is -2.94. The van der Waals surface area contributed by atoms with Crippen LogP contribution < -0.4 is 0 Å². The van der Waals surface area contributed by atoms with Crippen LogP contribution in [0.15, 0.2) is 29.6 Å². The van der Waals surface area contributed by atoms with Crippen molar-refractivity contribution >= 4 is 23.2 Å². The number of hydrogen-bond donors (Lipinski definition) is 1. The third-order valence-corrected chi connectivity index (χ3v) is 6.48. The summed E-state index contributed by atoms with van der Waals surface area (Å²) < 4.78 is 1.96. The number of aromatic amines is 1. The van der Waals surface area contributed by atoms with E-state index < -0.39 is 0 Å². The predicted molar refractivity (Wildman–Crippen MR) is 109 cm³/mol. The van der Waals surface area contributed by atoms with Crippen molar-refractivity contribution in [1.82, 2.24) is 29.8 Å². The summed E-state index contributed by atoms with van der Waals surface area (Å²) in [5.74, 6) is -0.146. The average molecular weight is 411 g/mol. The van der Waals surface area contributed by atoms with Gasteiger partial charge in [-0.25, -0.2) is 0 Å². The molecule has 5 rings (SSSR count). The van der Waals surface area contributed by atoms with Crippen LogP contribution >= 0.6 is 11.3 Å². The van der Waals surface area contributed by atoms with E-state index in [-0.39, 0.29) is 11.8 Å². The van der Waals surface area contributed by atoms with Gasteiger partial charge in [0.15, 0.2) is 11.4 Å². The standard InChI is InChI=1S/C20H22N6O2S/c27-19(16-13-15(21-22-16)18-5-3-11-29-18)24-7-9-25(10-8-24)20(28)17-12-14-4-1-2-6-26(14)23-17/h3,5,11-13H,1-2,4,6-10H2,(H,21,22). The Morgan fingerprint density at radius 2 is 1.72 bits per heavy atom. The number of nitrogens with zero attached hydrogens (tertiary/aromatic N) is 5. The fourth-order valence-electron chi connectivity index (χ4n) is 3.95. The first-order chi connectivity index (χ1) is 14.2. The number of amides is 2. The molecule has 0 radical (unpaired) electrons. The molecule has 0 saturated carbocycles. The van der Waals surface area contributed by atoms with Crippen molar-refractivity contribution in [2.24, 2.45) is 0 Å². The summed E-state index contributed by atoms with van der Waals surface area (Å²) >= 11 is 1.60. The Bertz CT molecular complexity index is 1010. The second-order valence-electron chi connectivity index (χ2n) is 7.43. The molecule has 29 heavy (non-hydrogen) atoms. The number of thiophene rings is 1. The number of fused-ring (bicyclic) bond motifs is 1. The summed E-state index contributed by atoms with van der Waals surface area (Å²) in [5, 5.41) is 13.6. The molecule has 3 aromatic heterocycles. The van der Waals surface area contributed by atoms with Crippen molar-refractivity contribution < 1.29 is 9.59 Å². The summed E-state index contributed by atoms with van der Waals surface area (Å²) in [6.45, 7) is 2.91. The topological polar surface area (TPSA) is 87.1 Å². The molecule has 150 valence electrons. The highest BCUT2D eigenvalue weighted by molar-refractivity contribution is 7.13. The number of aromatic nitrogens is 4. The van der Waals surface area contributed by atoms with Crippen LogP contribution in [-0.2, 0) is 13.0 Å². The van der Waals surface area contributed by atoms with E-state index in [9.17, 15) is 9.59 Å². The maximum atomic E-state index is 12.8. The summed E-state index contributed by atoms with van der Waals surface area (Å²) in [6.07, 6.45) is 3.26. The van der Waals surface area contributed by atoms with Gasteiger partial charge in [0.2, 0.25) is 0 Å². The lowest BCUT2D eigenvalue weighted by Crippen LogP contribution is -2.50. The molecule has 0 unspecified atom stereocenters. The van der Waals surface area contributed by atoms with Gasteiger partial charge in [-0.2, -0.15) is 10.2 Å². The number of nitrogens with one attached hydrogen (secondary N) is 1. The molecular formula is C20H22N6O2S. The van der Waals surface area contributed by atoms with Gasteiger partial charge in [-0.05, 0) is 42.8 Å². The zero-order valence-electron chi connectivity index (χ0n) is 16.0. The molecule has 0 bridgehead atoms. The number of carbonyl (C=O) groups is 2. The van der Waals surface area contributed by atoms with Gasteiger partial charge < -0.3 is 9.80 Å². The lowest BCUT2D eigenvalue weighted by Gasteiger charge is -2.34. The van der Waals surface area contributed by atoms with Gasteiger partial charge in [0.1, 0.15) is 0 Å². The zero-order valence-corrected chi connectivity index (χ0v) is 16.8. The van der Waals surface area contributed by atoms with Gasteiger partial charge in [0.05, 0.1) is 10.6 Å². The minimum atomic E-state index is -0.103. The SMILES string of the molecule is O=C(c1cc(-c2cccs2)[nH]n1)N1CCN(C(=O)c2cc3n(n2)CCCC3)CC1. The van der Waals surface area contributed by atoms with E-state index in [1.54, 1.807) is 27.2 Å². The molecule has 2 aliphatic heterocycles. The summed E-state index contributed by atoms with van der Waals surface area (Å²) in [5.41, 5.74) is 2.93. The summed E-state index contributed by atoms with van der Waals surface area (Å²) in [6, 6.07) is 7.68. The smallest absolute Gasteiger partial charge is 0.274 e. The van der Waals surface area contributed by atoms with Crippen LogP contribution in [0.3, 0.4) is 0 Å². The van der Waals surface area contributed by atoms with E-state index in [2.05, 4.69) is 15.3 Å². The van der Waals surface area contributed by atoms with Crippen LogP contribution in [0.1, 0.15) is 39.5 Å². The Morgan fingerprint density at radius 3 is 2.41 bits per heavy atom. The Kier molecular flexibility index (Phi) is 4.67. The molecule has 0 spiro atoms. The van der Waals surface area contributed by atoms with Crippen LogP contribution in [0.5, 0.6) is 0 Å². The van der Waals surface area contributed by atoms with Crippen LogP contribution in [0, 0.1) is 0 Å². The number of carbonyl (C=O) groups excluding carboxylic acids is 2. The predicted octanol–water partition coefficient (Wildman–Crippen LogP) is 2.27. The van der Waals surface area contributed by atoms with E-state index >= 15 is 0 Å². The van der Waals surface area contributed by atoms with Crippen molar-refractivity contribution in [2.75, 3.05) is 26.2 Å². The second kappa shape index (κ2) is 7.47. The highest BCUT2D eigenvalue weighted by Crippen LogP contribution is 2.23. The molecule has 1 fully saturated rings. The largest absolute Gasteiger partial charge is 0.334 e. The fraction of sp³-hybridized carbons (Fsp3) is 0.400. The number of hydrogen-bond acceptors (Lipinski definition) is 5. The Morgan fingerprint density at radius 1 is 0.966 bits per heavy atom. The Labute approximate surface area is 172 Å². The maximum Gasteiger partial charge on any atom is 0.274 e. The second-order valence-corrected chi connectivity index (χ2v) is 8.38. The first kappa shape index (κ1) is 18.1. The van der Waals surface area contributed by atoms with E-state index in [4.69, 9.17) is 0 Å². The number of rotatable bonds is 3.